The highest BCUT2D eigenvalue weighted by Gasteiger charge is 2.32. The van der Waals surface area contributed by atoms with Crippen LogP contribution in [0.5, 0.6) is 0 Å². The number of halogens is 2. The molecule has 0 unspecified atom stereocenters. The first kappa shape index (κ1) is 16.6. The Hall–Kier alpha value is -0.730. The topological polar surface area (TPSA) is 76.3 Å². The van der Waals surface area contributed by atoms with Crippen molar-refractivity contribution < 1.29 is 8.42 Å². The lowest BCUT2D eigenvalue weighted by molar-refractivity contribution is 0.473. The van der Waals surface area contributed by atoms with Crippen molar-refractivity contribution in [2.24, 2.45) is 5.73 Å². The van der Waals surface area contributed by atoms with Gasteiger partial charge in [-0.25, -0.2) is 8.42 Å². The summed E-state index contributed by atoms with van der Waals surface area (Å²) in [5, 5.41) is 1.46. The van der Waals surface area contributed by atoms with E-state index in [0.29, 0.717) is 34.3 Å². The normalized spacial score (nSPS) is 19.6. The lowest BCUT2D eigenvalue weighted by Crippen LogP contribution is -2.32. The Morgan fingerprint density at radius 1 is 1.33 bits per heavy atom. The molecular weight excluding hydrogens is 378 g/mol. The Morgan fingerprint density at radius 2 is 2.10 bits per heavy atom. The second-order valence-corrected chi connectivity index (χ2v) is 7.65. The summed E-state index contributed by atoms with van der Waals surface area (Å²) in [6.45, 7) is 0.851. The minimum Gasteiger partial charge on any atom is -0.326 e. The molecule has 1 saturated heterocycles. The minimum absolute atomic E-state index is 0. The second-order valence-electron chi connectivity index (χ2n) is 4.89. The fourth-order valence-electron chi connectivity index (χ4n) is 2.49. The highest BCUT2D eigenvalue weighted by atomic mass is 79.9. The van der Waals surface area contributed by atoms with Gasteiger partial charge in [0.1, 0.15) is 0 Å². The van der Waals surface area contributed by atoms with Gasteiger partial charge in [-0.1, -0.05) is 12.1 Å². The number of benzene rings is 1. The first-order valence-corrected chi connectivity index (χ1v) is 8.51. The average molecular weight is 393 g/mol. The second kappa shape index (κ2) is 6.18. The summed E-state index contributed by atoms with van der Waals surface area (Å²) in [5.41, 5.74) is 5.82. The average Bonchev–Trinajstić information content (AvgIpc) is 2.86. The van der Waals surface area contributed by atoms with Gasteiger partial charge < -0.3 is 5.73 Å². The van der Waals surface area contributed by atoms with Crippen molar-refractivity contribution in [3.63, 3.8) is 0 Å². The fourth-order valence-corrected chi connectivity index (χ4v) is 4.93. The van der Waals surface area contributed by atoms with Gasteiger partial charge in [0.15, 0.2) is 0 Å². The van der Waals surface area contributed by atoms with Crippen LogP contribution >= 0.6 is 28.3 Å². The summed E-state index contributed by atoms with van der Waals surface area (Å²) in [4.78, 5) is 4.37. The molecule has 1 aromatic carbocycles. The Labute approximate surface area is 138 Å². The summed E-state index contributed by atoms with van der Waals surface area (Å²) < 4.78 is 27.7. The molecule has 1 fully saturated rings. The lowest BCUT2D eigenvalue weighted by Gasteiger charge is -2.17. The Balaban J connectivity index is 0.00000161. The van der Waals surface area contributed by atoms with Crippen molar-refractivity contribution in [3.8, 4) is 0 Å². The number of nitrogens with zero attached hydrogens (tertiary/aromatic N) is 2. The molecular formula is C13H15BrClN3O2S. The molecule has 5 nitrogen and oxygen atoms in total. The molecule has 0 spiro atoms. The molecule has 3 rings (SSSR count). The summed E-state index contributed by atoms with van der Waals surface area (Å²) in [5.74, 6) is 0. The summed E-state index contributed by atoms with van der Waals surface area (Å²) >= 11 is 3.39. The zero-order valence-corrected chi connectivity index (χ0v) is 14.3. The van der Waals surface area contributed by atoms with Crippen LogP contribution in [0.2, 0.25) is 0 Å². The molecule has 1 atom stereocenters. The molecule has 0 saturated carbocycles. The van der Waals surface area contributed by atoms with Crippen LogP contribution in [0.1, 0.15) is 6.42 Å². The van der Waals surface area contributed by atoms with E-state index >= 15 is 0 Å². The maximum atomic E-state index is 12.8. The van der Waals surface area contributed by atoms with E-state index in [0.717, 1.165) is 5.39 Å². The van der Waals surface area contributed by atoms with Crippen molar-refractivity contribution in [1.29, 1.82) is 0 Å². The molecule has 2 heterocycles. The van der Waals surface area contributed by atoms with Crippen molar-refractivity contribution in [2.75, 3.05) is 13.1 Å². The van der Waals surface area contributed by atoms with Crippen molar-refractivity contribution in [3.05, 3.63) is 35.1 Å². The fraction of sp³-hybridized carbons (Fsp3) is 0.308. The number of hydrogen-bond acceptors (Lipinski definition) is 4. The third-order valence-electron chi connectivity index (χ3n) is 3.50. The van der Waals surface area contributed by atoms with E-state index in [4.69, 9.17) is 5.73 Å². The van der Waals surface area contributed by atoms with Crippen molar-refractivity contribution in [1.82, 2.24) is 9.29 Å². The number of fused-ring (bicyclic) bond motifs is 1. The molecule has 0 amide bonds. The van der Waals surface area contributed by atoms with E-state index < -0.39 is 10.0 Å². The maximum Gasteiger partial charge on any atom is 0.243 e. The number of hydrogen-bond donors (Lipinski definition) is 1. The Kier molecular flexibility index (Phi) is 4.89. The summed E-state index contributed by atoms with van der Waals surface area (Å²) in [7, 11) is -3.53. The first-order chi connectivity index (χ1) is 9.50. The predicted molar refractivity (Wildman–Crippen MR) is 88.0 cm³/mol. The van der Waals surface area contributed by atoms with Crippen LogP contribution in [-0.4, -0.2) is 36.8 Å². The molecule has 2 N–H and O–H groups in total. The molecule has 2 aromatic rings. The van der Waals surface area contributed by atoms with E-state index in [1.165, 1.54) is 4.31 Å². The standard InChI is InChI=1S/C13H14BrN3O2S.ClH/c14-11-7-16-6-9-2-1-3-12(13(9)11)20(18,19)17-5-4-10(15)8-17;/h1-3,6-7,10H,4-5,8,15H2;1H/t10-;/m1./s1. The van der Waals surface area contributed by atoms with Gasteiger partial charge in [-0.15, -0.1) is 12.4 Å². The zero-order valence-electron chi connectivity index (χ0n) is 11.1. The van der Waals surface area contributed by atoms with E-state index in [9.17, 15) is 8.42 Å². The summed E-state index contributed by atoms with van der Waals surface area (Å²) in [6, 6.07) is 5.14. The molecule has 21 heavy (non-hydrogen) atoms. The van der Waals surface area contributed by atoms with Crippen LogP contribution in [0.4, 0.5) is 0 Å². The molecule has 8 heteroatoms. The van der Waals surface area contributed by atoms with Crippen LogP contribution in [0.3, 0.4) is 0 Å². The Bertz CT molecular complexity index is 764. The lowest BCUT2D eigenvalue weighted by atomic mass is 10.2. The van der Waals surface area contributed by atoms with E-state index in [-0.39, 0.29) is 18.4 Å². The molecule has 114 valence electrons. The molecule has 0 aliphatic carbocycles. The SMILES string of the molecule is Cl.N[C@@H]1CCN(S(=O)(=O)c2cccc3cncc(Br)c23)C1. The number of rotatable bonds is 2. The first-order valence-electron chi connectivity index (χ1n) is 6.28. The van der Waals surface area contributed by atoms with E-state index in [1.54, 1.807) is 24.5 Å². The number of aromatic nitrogens is 1. The molecule has 1 aliphatic rings. The van der Waals surface area contributed by atoms with Crippen LogP contribution in [0.15, 0.2) is 40.0 Å². The van der Waals surface area contributed by atoms with E-state index in [1.807, 2.05) is 6.07 Å². The molecule has 0 bridgehead atoms. The van der Waals surface area contributed by atoms with Crippen molar-refractivity contribution >= 4 is 49.1 Å². The summed E-state index contributed by atoms with van der Waals surface area (Å²) in [6.07, 6.45) is 3.97. The highest BCUT2D eigenvalue weighted by Crippen LogP contribution is 2.31. The molecule has 1 aliphatic heterocycles. The van der Waals surface area contributed by atoms with Gasteiger partial charge in [0.2, 0.25) is 10.0 Å². The monoisotopic (exact) mass is 391 g/mol. The molecule has 1 aromatic heterocycles. The van der Waals surface area contributed by atoms with Crippen LogP contribution in [-0.2, 0) is 10.0 Å². The van der Waals surface area contributed by atoms with Gasteiger partial charge in [-0.05, 0) is 28.4 Å². The number of pyridine rings is 1. The maximum absolute atomic E-state index is 12.8. The van der Waals surface area contributed by atoms with E-state index in [2.05, 4.69) is 20.9 Å². The van der Waals surface area contributed by atoms with Gasteiger partial charge in [0.05, 0.1) is 4.90 Å². The van der Waals surface area contributed by atoms with Crippen LogP contribution in [0, 0.1) is 0 Å². The third kappa shape index (κ3) is 2.93. The minimum atomic E-state index is -3.53. The van der Waals surface area contributed by atoms with Crippen LogP contribution < -0.4 is 5.73 Å². The number of nitrogens with two attached hydrogens (primary N) is 1. The zero-order chi connectivity index (χ0) is 14.3. The van der Waals surface area contributed by atoms with Gasteiger partial charge in [0, 0.05) is 46.8 Å². The van der Waals surface area contributed by atoms with Gasteiger partial charge in [0.25, 0.3) is 0 Å². The van der Waals surface area contributed by atoms with Crippen LogP contribution in [0.25, 0.3) is 10.8 Å². The quantitative estimate of drug-likeness (QED) is 0.849. The highest BCUT2D eigenvalue weighted by molar-refractivity contribution is 9.10. The van der Waals surface area contributed by atoms with Gasteiger partial charge in [-0.2, -0.15) is 4.31 Å². The molecule has 0 radical (unpaired) electrons. The van der Waals surface area contributed by atoms with Crippen molar-refractivity contribution in [2.45, 2.75) is 17.4 Å². The van der Waals surface area contributed by atoms with Gasteiger partial charge >= 0.3 is 0 Å². The predicted octanol–water partition coefficient (Wildman–Crippen LogP) is 2.14. The smallest absolute Gasteiger partial charge is 0.243 e. The number of sulfonamides is 1. The largest absolute Gasteiger partial charge is 0.326 e. The third-order valence-corrected chi connectivity index (χ3v) is 6.01. The Morgan fingerprint density at radius 3 is 2.76 bits per heavy atom. The van der Waals surface area contributed by atoms with Gasteiger partial charge in [-0.3, -0.25) is 4.98 Å².